The van der Waals surface area contributed by atoms with Crippen LogP contribution in [0.25, 0.3) is 0 Å². The molecule has 0 radical (unpaired) electrons. The van der Waals surface area contributed by atoms with E-state index in [4.69, 9.17) is 20.9 Å². The Hall–Kier alpha value is -1.07. The molecule has 1 fully saturated rings. The summed E-state index contributed by atoms with van der Waals surface area (Å²) in [5.74, 6) is 0.305. The highest BCUT2D eigenvalue weighted by Crippen LogP contribution is 2.22. The molecule has 19 heavy (non-hydrogen) atoms. The Morgan fingerprint density at radius 1 is 1.53 bits per heavy atom. The maximum absolute atomic E-state index is 12.1. The molecule has 2 atom stereocenters. The molecule has 0 aromatic carbocycles. The van der Waals surface area contributed by atoms with E-state index in [1.165, 1.54) is 6.42 Å². The first-order valence-corrected chi connectivity index (χ1v) is 7.04. The van der Waals surface area contributed by atoms with Gasteiger partial charge in [0.25, 0.3) is 5.91 Å². The van der Waals surface area contributed by atoms with Crippen molar-refractivity contribution in [3.05, 3.63) is 17.5 Å². The number of hydrogen-bond donors (Lipinski definition) is 1. The van der Waals surface area contributed by atoms with Crippen LogP contribution in [0.1, 0.15) is 48.4 Å². The van der Waals surface area contributed by atoms with Gasteiger partial charge >= 0.3 is 0 Å². The lowest BCUT2D eigenvalue weighted by atomic mass is 10.1. The number of carbonyl (C=O) groups excluding carboxylic acids is 1. The molecule has 1 aliphatic carbocycles. The van der Waals surface area contributed by atoms with Gasteiger partial charge in [-0.05, 0) is 12.8 Å². The lowest BCUT2D eigenvalue weighted by molar-refractivity contribution is 0.0924. The second-order valence-corrected chi connectivity index (χ2v) is 5.41. The van der Waals surface area contributed by atoms with Crippen molar-refractivity contribution in [3.8, 4) is 0 Å². The number of halogens is 1. The molecule has 0 aliphatic heterocycles. The van der Waals surface area contributed by atoms with Crippen LogP contribution in [0.3, 0.4) is 0 Å². The number of rotatable bonds is 4. The van der Waals surface area contributed by atoms with Crippen LogP contribution in [0.4, 0.5) is 0 Å². The number of carbonyl (C=O) groups is 1. The zero-order valence-corrected chi connectivity index (χ0v) is 11.8. The first-order chi connectivity index (χ1) is 9.20. The minimum Gasteiger partial charge on any atom is -0.377 e. The van der Waals surface area contributed by atoms with Gasteiger partial charge in [-0.15, -0.1) is 11.6 Å². The molecule has 0 spiro atoms. The molecular formula is C13H19ClN2O3. The smallest absolute Gasteiger partial charge is 0.273 e. The zero-order valence-electron chi connectivity index (χ0n) is 11.0. The fraction of sp³-hybridized carbons (Fsp3) is 0.692. The Balaban J connectivity index is 1.94. The highest BCUT2D eigenvalue weighted by molar-refractivity contribution is 6.21. The summed E-state index contributed by atoms with van der Waals surface area (Å²) in [7, 11) is 1.56. The number of ether oxygens (including phenoxy) is 1. The van der Waals surface area contributed by atoms with Gasteiger partial charge in [-0.3, -0.25) is 4.79 Å². The number of amides is 1. The number of nitrogens with zero attached hydrogens (tertiary/aromatic N) is 1. The fourth-order valence-electron chi connectivity index (χ4n) is 2.30. The summed E-state index contributed by atoms with van der Waals surface area (Å²) in [6, 6.07) is 1.61. The number of methoxy groups -OCH3 is 1. The minimum absolute atomic E-state index is 0.00297. The Kier molecular flexibility index (Phi) is 5.22. The number of hydrogen-bond acceptors (Lipinski definition) is 4. The minimum atomic E-state index is -0.233. The van der Waals surface area contributed by atoms with E-state index in [1.807, 2.05) is 0 Å². The molecule has 1 aromatic heterocycles. The van der Waals surface area contributed by atoms with Crippen LogP contribution in [0.5, 0.6) is 0 Å². The quantitative estimate of drug-likeness (QED) is 0.682. The lowest BCUT2D eigenvalue weighted by Crippen LogP contribution is -2.40. The van der Waals surface area contributed by atoms with E-state index in [1.54, 1.807) is 13.2 Å². The second-order valence-electron chi connectivity index (χ2n) is 4.85. The van der Waals surface area contributed by atoms with E-state index in [0.29, 0.717) is 12.4 Å². The van der Waals surface area contributed by atoms with Crippen molar-refractivity contribution in [1.29, 1.82) is 0 Å². The second kappa shape index (κ2) is 6.91. The van der Waals surface area contributed by atoms with E-state index < -0.39 is 0 Å². The normalized spacial score (nSPS) is 23.9. The zero-order chi connectivity index (χ0) is 13.7. The summed E-state index contributed by atoms with van der Waals surface area (Å²) in [6.07, 6.45) is 5.27. The van der Waals surface area contributed by atoms with Crippen molar-refractivity contribution in [3.63, 3.8) is 0 Å². The van der Waals surface area contributed by atoms with Gasteiger partial charge < -0.3 is 14.6 Å². The molecule has 1 aliphatic rings. The van der Waals surface area contributed by atoms with E-state index in [-0.39, 0.29) is 23.0 Å². The molecule has 2 unspecified atom stereocenters. The van der Waals surface area contributed by atoms with Crippen molar-refractivity contribution in [1.82, 2.24) is 10.5 Å². The topological polar surface area (TPSA) is 64.4 Å². The maximum Gasteiger partial charge on any atom is 0.273 e. The molecule has 106 valence electrons. The van der Waals surface area contributed by atoms with Crippen molar-refractivity contribution in [2.75, 3.05) is 7.11 Å². The van der Waals surface area contributed by atoms with Gasteiger partial charge in [-0.1, -0.05) is 24.4 Å². The van der Waals surface area contributed by atoms with Crippen LogP contribution >= 0.6 is 11.6 Å². The van der Waals surface area contributed by atoms with Crippen LogP contribution in [0, 0.1) is 0 Å². The van der Waals surface area contributed by atoms with Gasteiger partial charge in [-0.25, -0.2) is 0 Å². The molecular weight excluding hydrogens is 268 g/mol. The fourth-order valence-corrected chi connectivity index (χ4v) is 2.64. The third-order valence-electron chi connectivity index (χ3n) is 3.33. The lowest BCUT2D eigenvalue weighted by Gasteiger charge is -2.20. The summed E-state index contributed by atoms with van der Waals surface area (Å²) >= 11 is 6.30. The predicted molar refractivity (Wildman–Crippen MR) is 71.2 cm³/mol. The van der Waals surface area contributed by atoms with E-state index >= 15 is 0 Å². The van der Waals surface area contributed by atoms with Crippen LogP contribution in [0.15, 0.2) is 10.6 Å². The Morgan fingerprint density at radius 2 is 2.32 bits per heavy atom. The van der Waals surface area contributed by atoms with Crippen LogP contribution in [-0.4, -0.2) is 29.6 Å². The highest BCUT2D eigenvalue weighted by atomic mass is 35.5. The van der Waals surface area contributed by atoms with Gasteiger partial charge in [0.15, 0.2) is 11.5 Å². The Labute approximate surface area is 117 Å². The average Bonchev–Trinajstić information content (AvgIpc) is 2.77. The molecule has 0 saturated heterocycles. The van der Waals surface area contributed by atoms with Crippen molar-refractivity contribution in [2.24, 2.45) is 0 Å². The van der Waals surface area contributed by atoms with E-state index in [9.17, 15) is 4.79 Å². The molecule has 5 nitrogen and oxygen atoms in total. The van der Waals surface area contributed by atoms with Gasteiger partial charge in [0.05, 0.1) is 5.38 Å². The van der Waals surface area contributed by atoms with Crippen molar-refractivity contribution in [2.45, 2.75) is 50.1 Å². The summed E-state index contributed by atoms with van der Waals surface area (Å²) in [4.78, 5) is 12.1. The van der Waals surface area contributed by atoms with Crippen molar-refractivity contribution < 1.29 is 14.1 Å². The Morgan fingerprint density at radius 3 is 3.11 bits per heavy atom. The first-order valence-electron chi connectivity index (χ1n) is 6.60. The largest absolute Gasteiger partial charge is 0.377 e. The predicted octanol–water partition coefficient (Wildman–Crippen LogP) is 2.49. The molecule has 6 heteroatoms. The third kappa shape index (κ3) is 3.94. The molecule has 1 heterocycles. The molecule has 1 saturated carbocycles. The molecule has 1 N–H and O–H groups in total. The summed E-state index contributed by atoms with van der Waals surface area (Å²) in [5.41, 5.74) is 0.278. The Bertz CT molecular complexity index is 422. The molecule has 1 amide bonds. The molecule has 1 aromatic rings. The van der Waals surface area contributed by atoms with Gasteiger partial charge in [0, 0.05) is 19.2 Å². The number of nitrogens with one attached hydrogen (secondary N) is 1. The summed E-state index contributed by atoms with van der Waals surface area (Å²) in [5, 5.41) is 6.68. The highest BCUT2D eigenvalue weighted by Gasteiger charge is 2.24. The van der Waals surface area contributed by atoms with Crippen LogP contribution in [0.2, 0.25) is 0 Å². The monoisotopic (exact) mass is 286 g/mol. The maximum atomic E-state index is 12.1. The van der Waals surface area contributed by atoms with Crippen LogP contribution in [-0.2, 0) is 11.3 Å². The van der Waals surface area contributed by atoms with Crippen LogP contribution < -0.4 is 5.32 Å². The van der Waals surface area contributed by atoms with Gasteiger partial charge in [0.1, 0.15) is 6.61 Å². The van der Waals surface area contributed by atoms with Gasteiger partial charge in [-0.2, -0.15) is 0 Å². The van der Waals surface area contributed by atoms with Gasteiger partial charge in [0.2, 0.25) is 0 Å². The molecule has 0 bridgehead atoms. The SMILES string of the molecule is COCc1cc(C(=O)NC2CCCCCC2Cl)no1. The summed E-state index contributed by atoms with van der Waals surface area (Å²) in [6.45, 7) is 0.307. The van der Waals surface area contributed by atoms with E-state index in [2.05, 4.69) is 10.5 Å². The third-order valence-corrected chi connectivity index (χ3v) is 3.85. The number of aromatic nitrogens is 1. The number of alkyl halides is 1. The summed E-state index contributed by atoms with van der Waals surface area (Å²) < 4.78 is 9.92. The van der Waals surface area contributed by atoms with Crippen molar-refractivity contribution >= 4 is 17.5 Å². The molecule has 2 rings (SSSR count). The average molecular weight is 287 g/mol. The van der Waals surface area contributed by atoms with E-state index in [0.717, 1.165) is 25.7 Å². The first kappa shape index (κ1) is 14.3. The standard InChI is InChI=1S/C13H19ClN2O3/c1-18-8-9-7-12(16-19-9)13(17)15-11-6-4-2-3-5-10(11)14/h7,10-11H,2-6,8H2,1H3,(H,15,17).